The zero-order valence-corrected chi connectivity index (χ0v) is 22.1. The molecule has 6 nitrogen and oxygen atoms in total. The van der Waals surface area contributed by atoms with Crippen LogP contribution in [0.15, 0.2) is 47.4 Å². The average molecular weight is 548 g/mol. The Bertz CT molecular complexity index is 1420. The van der Waals surface area contributed by atoms with Crippen molar-refractivity contribution in [3.63, 3.8) is 0 Å². The van der Waals surface area contributed by atoms with Crippen LogP contribution in [0.25, 0.3) is 10.9 Å². The van der Waals surface area contributed by atoms with E-state index in [9.17, 15) is 26.4 Å². The Kier molecular flexibility index (Phi) is 7.28. The monoisotopic (exact) mass is 547 g/mol. The quantitative estimate of drug-likeness (QED) is 0.375. The topological polar surface area (TPSA) is 81.1 Å². The molecule has 0 spiro atoms. The first kappa shape index (κ1) is 26.7. The van der Waals surface area contributed by atoms with Gasteiger partial charge in [0.05, 0.1) is 22.1 Å². The summed E-state index contributed by atoms with van der Waals surface area (Å²) in [6, 6.07) is 12.0. The molecular weight excluding hydrogens is 515 g/mol. The van der Waals surface area contributed by atoms with Gasteiger partial charge >= 0.3 is 6.18 Å². The molecule has 0 atom stereocenters. The van der Waals surface area contributed by atoms with E-state index < -0.39 is 21.9 Å². The summed E-state index contributed by atoms with van der Waals surface area (Å²) in [7, 11) is -3.27. The number of fused-ring (bicyclic) bond motifs is 1. The molecule has 0 saturated heterocycles. The largest absolute Gasteiger partial charge is 0.391 e. The van der Waals surface area contributed by atoms with Gasteiger partial charge in [-0.15, -0.1) is 0 Å². The lowest BCUT2D eigenvalue weighted by Crippen LogP contribution is -2.29. The van der Waals surface area contributed by atoms with Gasteiger partial charge in [-0.1, -0.05) is 25.1 Å². The Labute approximate surface area is 220 Å². The first-order chi connectivity index (χ1) is 18.0. The number of amides is 1. The number of hydrogen-bond acceptors (Lipinski definition) is 4. The Hall–Kier alpha value is -2.88. The van der Waals surface area contributed by atoms with Crippen LogP contribution in [0.5, 0.6) is 0 Å². The summed E-state index contributed by atoms with van der Waals surface area (Å²) >= 11 is 0. The molecule has 1 aromatic heterocycles. The van der Waals surface area contributed by atoms with Gasteiger partial charge in [-0.3, -0.25) is 9.48 Å². The molecule has 0 aliphatic heterocycles. The third kappa shape index (κ3) is 5.75. The second-order valence-electron chi connectivity index (χ2n) is 10.6. The van der Waals surface area contributed by atoms with Crippen molar-refractivity contribution in [2.24, 2.45) is 11.8 Å². The van der Waals surface area contributed by atoms with E-state index in [1.807, 2.05) is 10.7 Å². The van der Waals surface area contributed by atoms with Gasteiger partial charge in [0, 0.05) is 35.7 Å². The highest BCUT2D eigenvalue weighted by Gasteiger charge is 2.41. The second-order valence-corrected chi connectivity index (χ2v) is 12.8. The molecule has 38 heavy (non-hydrogen) atoms. The fourth-order valence-corrected chi connectivity index (χ4v) is 6.29. The van der Waals surface area contributed by atoms with E-state index in [1.165, 1.54) is 0 Å². The van der Waals surface area contributed by atoms with Gasteiger partial charge in [-0.2, -0.15) is 18.3 Å². The van der Waals surface area contributed by atoms with Gasteiger partial charge in [0.25, 0.3) is 5.91 Å². The van der Waals surface area contributed by atoms with E-state index >= 15 is 0 Å². The third-order valence-electron chi connectivity index (χ3n) is 7.86. The number of hydrogen-bond donors (Lipinski definition) is 1. The Balaban J connectivity index is 1.27. The highest BCUT2D eigenvalue weighted by molar-refractivity contribution is 7.91. The van der Waals surface area contributed by atoms with Crippen molar-refractivity contribution in [1.82, 2.24) is 15.1 Å². The minimum absolute atomic E-state index is 0.0307. The van der Waals surface area contributed by atoms with Crippen LogP contribution in [0.1, 0.15) is 73.0 Å². The van der Waals surface area contributed by atoms with Crippen LogP contribution in [0, 0.1) is 11.8 Å². The molecule has 2 aliphatic carbocycles. The molecule has 2 aromatic carbocycles. The standard InChI is InChI=1S/C28H32F3N3O3S/c1-2-38(36,37)23-12-5-18(6-13-23)16-32-27(35)21-9-14-24-25(15-21)33-34(26(24)20-7-8-20)17-19-3-10-22(11-4-19)28(29,30)31/h5-6,9,12-15,19-20,22H,2-4,7-8,10-11,16-17H2,1H3,(H,32,35). The Morgan fingerprint density at radius 3 is 2.32 bits per heavy atom. The Morgan fingerprint density at radius 1 is 1.03 bits per heavy atom. The van der Waals surface area contributed by atoms with Crippen molar-refractivity contribution < 1.29 is 26.4 Å². The molecule has 0 unspecified atom stereocenters. The first-order valence-corrected chi connectivity index (χ1v) is 14.9. The molecule has 0 radical (unpaired) electrons. The van der Waals surface area contributed by atoms with Crippen LogP contribution in [0.4, 0.5) is 13.2 Å². The number of aromatic nitrogens is 2. The van der Waals surface area contributed by atoms with E-state index in [4.69, 9.17) is 5.10 Å². The van der Waals surface area contributed by atoms with Crippen molar-refractivity contribution in [3.8, 4) is 0 Å². The maximum absolute atomic E-state index is 13.1. The highest BCUT2D eigenvalue weighted by atomic mass is 32.2. The second kappa shape index (κ2) is 10.4. The minimum atomic E-state index is -4.11. The van der Waals surface area contributed by atoms with Crippen molar-refractivity contribution in [2.45, 2.75) is 75.5 Å². The molecule has 204 valence electrons. The van der Waals surface area contributed by atoms with Crippen LogP contribution in [0.3, 0.4) is 0 Å². The number of alkyl halides is 3. The molecule has 1 heterocycles. The van der Waals surface area contributed by atoms with Gasteiger partial charge in [0.1, 0.15) is 0 Å². The summed E-state index contributed by atoms with van der Waals surface area (Å²) in [5, 5.41) is 8.67. The molecule has 2 aliphatic rings. The zero-order valence-electron chi connectivity index (χ0n) is 21.3. The maximum atomic E-state index is 13.1. The van der Waals surface area contributed by atoms with E-state index in [0.29, 0.717) is 30.9 Å². The van der Waals surface area contributed by atoms with E-state index in [2.05, 4.69) is 5.32 Å². The summed E-state index contributed by atoms with van der Waals surface area (Å²) in [6.45, 7) is 2.46. The van der Waals surface area contributed by atoms with Gasteiger partial charge in [-0.25, -0.2) is 8.42 Å². The van der Waals surface area contributed by atoms with E-state index in [1.54, 1.807) is 43.3 Å². The predicted molar refractivity (Wildman–Crippen MR) is 139 cm³/mol. The van der Waals surface area contributed by atoms with Gasteiger partial charge in [-0.05, 0) is 74.3 Å². The van der Waals surface area contributed by atoms with Crippen molar-refractivity contribution in [2.75, 3.05) is 5.75 Å². The fourth-order valence-electron chi connectivity index (χ4n) is 5.40. The summed E-state index contributed by atoms with van der Waals surface area (Å²) in [6.07, 6.45) is -0.525. The number of carbonyl (C=O) groups excluding carboxylic acids is 1. The van der Waals surface area contributed by atoms with Gasteiger partial charge < -0.3 is 5.32 Å². The maximum Gasteiger partial charge on any atom is 0.391 e. The van der Waals surface area contributed by atoms with Crippen molar-refractivity contribution in [1.29, 1.82) is 0 Å². The SMILES string of the molecule is CCS(=O)(=O)c1ccc(CNC(=O)c2ccc3c(C4CC4)n(CC4CCC(C(F)(F)F)CC4)nc3c2)cc1. The number of carbonyl (C=O) groups is 1. The number of benzene rings is 2. The molecule has 1 N–H and O–H groups in total. The lowest BCUT2D eigenvalue weighted by Gasteiger charge is -2.30. The van der Waals surface area contributed by atoms with Crippen LogP contribution in [-0.2, 0) is 22.9 Å². The number of halogens is 3. The normalized spacial score (nSPS) is 20.5. The number of nitrogens with one attached hydrogen (secondary N) is 1. The Morgan fingerprint density at radius 2 is 1.71 bits per heavy atom. The van der Waals surface area contributed by atoms with Crippen LogP contribution < -0.4 is 5.32 Å². The summed E-state index contributed by atoms with van der Waals surface area (Å²) in [4.78, 5) is 13.1. The number of nitrogens with zero attached hydrogens (tertiary/aromatic N) is 2. The zero-order chi connectivity index (χ0) is 27.1. The van der Waals surface area contributed by atoms with E-state index in [-0.39, 0.29) is 41.9 Å². The van der Waals surface area contributed by atoms with Crippen molar-refractivity contribution in [3.05, 3.63) is 59.3 Å². The van der Waals surface area contributed by atoms with Crippen LogP contribution >= 0.6 is 0 Å². The van der Waals surface area contributed by atoms with Crippen molar-refractivity contribution >= 4 is 26.6 Å². The molecule has 2 fully saturated rings. The van der Waals surface area contributed by atoms with Crippen LogP contribution in [-0.4, -0.2) is 36.0 Å². The fraction of sp³-hybridized carbons (Fsp3) is 0.500. The van der Waals surface area contributed by atoms with Gasteiger partial charge in [0.15, 0.2) is 9.84 Å². The molecule has 3 aromatic rings. The molecule has 0 bridgehead atoms. The number of sulfone groups is 1. The molecular formula is C28H32F3N3O3S. The third-order valence-corrected chi connectivity index (χ3v) is 9.61. The number of rotatable bonds is 8. The van der Waals surface area contributed by atoms with Crippen LogP contribution in [0.2, 0.25) is 0 Å². The van der Waals surface area contributed by atoms with Gasteiger partial charge in [0.2, 0.25) is 0 Å². The summed E-state index contributed by atoms with van der Waals surface area (Å²) in [5.74, 6) is -0.845. The molecule has 2 saturated carbocycles. The predicted octanol–water partition coefficient (Wildman–Crippen LogP) is 6.01. The lowest BCUT2D eigenvalue weighted by atomic mass is 9.81. The highest BCUT2D eigenvalue weighted by Crippen LogP contribution is 2.45. The summed E-state index contributed by atoms with van der Waals surface area (Å²) < 4.78 is 65.2. The lowest BCUT2D eigenvalue weighted by molar-refractivity contribution is -0.184. The molecule has 10 heteroatoms. The molecule has 1 amide bonds. The first-order valence-electron chi connectivity index (χ1n) is 13.2. The summed E-state index contributed by atoms with van der Waals surface area (Å²) in [5.41, 5.74) is 3.11. The average Bonchev–Trinajstić information content (AvgIpc) is 3.67. The smallest absolute Gasteiger partial charge is 0.348 e. The van der Waals surface area contributed by atoms with E-state index in [0.717, 1.165) is 35.0 Å². The minimum Gasteiger partial charge on any atom is -0.348 e. The molecule has 5 rings (SSSR count).